The number of hydrogen-bond acceptors (Lipinski definition) is 6. The van der Waals surface area contributed by atoms with Crippen molar-refractivity contribution in [3.63, 3.8) is 0 Å². The summed E-state index contributed by atoms with van der Waals surface area (Å²) in [6, 6.07) is 9.66. The van der Waals surface area contributed by atoms with Crippen molar-refractivity contribution in [2.45, 2.75) is 77.8 Å². The van der Waals surface area contributed by atoms with Gasteiger partial charge in [0.2, 0.25) is 0 Å². The van der Waals surface area contributed by atoms with Crippen LogP contribution in [-0.4, -0.2) is 36.9 Å². The third kappa shape index (κ3) is 8.85. The molecule has 1 heterocycles. The van der Waals surface area contributed by atoms with E-state index < -0.39 is 30.3 Å². The molecule has 2 rings (SSSR count). The molecule has 168 valence electrons. The number of hydrogen-bond donors (Lipinski definition) is 0. The first-order valence-corrected chi connectivity index (χ1v) is 10.8. The van der Waals surface area contributed by atoms with Crippen LogP contribution < -0.4 is 0 Å². The zero-order valence-corrected chi connectivity index (χ0v) is 18.6. The average molecular weight is 429 g/mol. The van der Waals surface area contributed by atoms with Crippen LogP contribution in [0.5, 0.6) is 0 Å². The number of benzene rings is 1. The number of ether oxygens (including phenoxy) is 4. The first-order chi connectivity index (χ1) is 15.0. The van der Waals surface area contributed by atoms with Gasteiger partial charge in [0.1, 0.15) is 12.7 Å². The van der Waals surface area contributed by atoms with Crippen LogP contribution in [0.3, 0.4) is 0 Å². The van der Waals surface area contributed by atoms with Crippen molar-refractivity contribution in [1.82, 2.24) is 0 Å². The van der Waals surface area contributed by atoms with Crippen molar-refractivity contribution in [2.75, 3.05) is 6.61 Å². The Hall–Kier alpha value is -2.78. The molecule has 0 spiro atoms. The average Bonchev–Trinajstić information content (AvgIpc) is 2.75. The zero-order chi connectivity index (χ0) is 22.5. The standard InChI is InChI=1S/C25H32O6/c1-4-5-6-7-8-12-15-22-17-29-23(18-28-19(2)26)25(24(22)31-20(3)27)30-16-21-13-10-9-11-14-21/h9-11,13-14,17,23-25H,4-8,16,18H2,1-3H3/t23-,24-,25-/m1/s1. The Balaban J connectivity index is 2.17. The highest BCUT2D eigenvalue weighted by molar-refractivity contribution is 5.67. The molecule has 0 aliphatic carbocycles. The van der Waals surface area contributed by atoms with Crippen molar-refractivity contribution >= 4 is 11.9 Å². The third-order valence-electron chi connectivity index (χ3n) is 4.76. The molecule has 1 aromatic rings. The van der Waals surface area contributed by atoms with Gasteiger partial charge in [-0.25, -0.2) is 0 Å². The summed E-state index contributed by atoms with van der Waals surface area (Å²) in [7, 11) is 0. The number of carbonyl (C=O) groups is 2. The molecule has 1 aliphatic rings. The fourth-order valence-corrected chi connectivity index (χ4v) is 3.19. The summed E-state index contributed by atoms with van der Waals surface area (Å²) >= 11 is 0. The molecule has 31 heavy (non-hydrogen) atoms. The summed E-state index contributed by atoms with van der Waals surface area (Å²) < 4.78 is 22.6. The lowest BCUT2D eigenvalue weighted by atomic mass is 9.98. The summed E-state index contributed by atoms with van der Waals surface area (Å²) in [4.78, 5) is 23.1. The van der Waals surface area contributed by atoms with Crippen LogP contribution in [0.15, 0.2) is 42.2 Å². The first-order valence-electron chi connectivity index (χ1n) is 10.8. The molecule has 0 fully saturated rings. The Morgan fingerprint density at radius 1 is 1.06 bits per heavy atom. The maximum absolute atomic E-state index is 11.8. The van der Waals surface area contributed by atoms with Gasteiger partial charge in [0.15, 0.2) is 12.2 Å². The molecule has 0 N–H and O–H groups in total. The summed E-state index contributed by atoms with van der Waals surface area (Å²) in [5, 5.41) is 0. The fraction of sp³-hybridized carbons (Fsp3) is 0.520. The maximum Gasteiger partial charge on any atom is 0.303 e. The molecule has 0 radical (unpaired) electrons. The Labute approximate surface area is 184 Å². The van der Waals surface area contributed by atoms with Gasteiger partial charge >= 0.3 is 11.9 Å². The van der Waals surface area contributed by atoms with E-state index in [2.05, 4.69) is 18.8 Å². The fourth-order valence-electron chi connectivity index (χ4n) is 3.19. The van der Waals surface area contributed by atoms with E-state index in [1.807, 2.05) is 30.3 Å². The van der Waals surface area contributed by atoms with E-state index in [4.69, 9.17) is 18.9 Å². The van der Waals surface area contributed by atoms with Crippen molar-refractivity contribution < 1.29 is 28.5 Å². The Kier molecular flexibility index (Phi) is 10.7. The van der Waals surface area contributed by atoms with E-state index in [1.54, 1.807) is 0 Å². The van der Waals surface area contributed by atoms with Gasteiger partial charge in [0, 0.05) is 20.3 Å². The number of rotatable bonds is 10. The zero-order valence-electron chi connectivity index (χ0n) is 18.6. The van der Waals surface area contributed by atoms with Crippen LogP contribution in [0, 0.1) is 11.8 Å². The van der Waals surface area contributed by atoms with Gasteiger partial charge in [-0.1, -0.05) is 68.4 Å². The quantitative estimate of drug-likeness (QED) is 0.314. The van der Waals surface area contributed by atoms with Crippen LogP contribution in [0.4, 0.5) is 0 Å². The topological polar surface area (TPSA) is 71.1 Å². The van der Waals surface area contributed by atoms with Crippen LogP contribution in [0.25, 0.3) is 0 Å². The van der Waals surface area contributed by atoms with Gasteiger partial charge < -0.3 is 18.9 Å². The van der Waals surface area contributed by atoms with Gasteiger partial charge in [-0.2, -0.15) is 0 Å². The Morgan fingerprint density at radius 3 is 2.52 bits per heavy atom. The minimum absolute atomic E-state index is 0.0131. The minimum Gasteiger partial charge on any atom is -0.490 e. The second-order valence-electron chi connectivity index (χ2n) is 7.45. The van der Waals surface area contributed by atoms with Gasteiger partial charge in [0.25, 0.3) is 0 Å². The Morgan fingerprint density at radius 2 is 1.84 bits per heavy atom. The monoisotopic (exact) mass is 428 g/mol. The maximum atomic E-state index is 11.8. The smallest absolute Gasteiger partial charge is 0.303 e. The van der Waals surface area contributed by atoms with Crippen molar-refractivity contribution in [3.05, 3.63) is 47.7 Å². The molecule has 6 nitrogen and oxygen atoms in total. The van der Waals surface area contributed by atoms with Gasteiger partial charge in [-0.05, 0) is 12.0 Å². The molecule has 1 aromatic carbocycles. The molecule has 3 atom stereocenters. The SMILES string of the molecule is CCCCCCC#CC1=CO[C@H](COC(C)=O)[C@@H](OCc2ccccc2)[C@@H]1OC(C)=O. The second-order valence-corrected chi connectivity index (χ2v) is 7.45. The van der Waals surface area contributed by atoms with Crippen LogP contribution >= 0.6 is 0 Å². The van der Waals surface area contributed by atoms with E-state index in [0.29, 0.717) is 12.2 Å². The predicted molar refractivity (Wildman–Crippen MR) is 117 cm³/mol. The molecule has 0 amide bonds. The molecule has 0 bridgehead atoms. The van der Waals surface area contributed by atoms with Gasteiger partial charge in [0.05, 0.1) is 18.4 Å². The summed E-state index contributed by atoms with van der Waals surface area (Å²) in [5.74, 6) is 5.37. The Bertz CT molecular complexity index is 789. The lowest BCUT2D eigenvalue weighted by Crippen LogP contribution is -2.48. The van der Waals surface area contributed by atoms with Gasteiger partial charge in [-0.15, -0.1) is 0 Å². The van der Waals surface area contributed by atoms with Crippen molar-refractivity contribution in [2.24, 2.45) is 0 Å². The van der Waals surface area contributed by atoms with Crippen molar-refractivity contribution in [3.8, 4) is 11.8 Å². The predicted octanol–water partition coefficient (Wildman–Crippen LogP) is 4.32. The normalized spacial score (nSPS) is 20.0. The van der Waals surface area contributed by atoms with Crippen LogP contribution in [-0.2, 0) is 35.1 Å². The highest BCUT2D eigenvalue weighted by Gasteiger charge is 2.40. The van der Waals surface area contributed by atoms with Crippen LogP contribution in [0.1, 0.15) is 58.4 Å². The molecular weight excluding hydrogens is 396 g/mol. The molecular formula is C25H32O6. The molecule has 0 unspecified atom stereocenters. The summed E-state index contributed by atoms with van der Waals surface area (Å²) in [6.45, 7) is 5.13. The third-order valence-corrected chi connectivity index (χ3v) is 4.76. The van der Waals surface area contributed by atoms with E-state index in [0.717, 1.165) is 24.8 Å². The molecule has 0 aromatic heterocycles. The molecule has 1 aliphatic heterocycles. The van der Waals surface area contributed by atoms with Gasteiger partial charge in [-0.3, -0.25) is 9.59 Å². The first kappa shape index (κ1) is 24.5. The highest BCUT2D eigenvalue weighted by Crippen LogP contribution is 2.26. The number of esters is 2. The lowest BCUT2D eigenvalue weighted by Gasteiger charge is -2.35. The van der Waals surface area contributed by atoms with Crippen LogP contribution in [0.2, 0.25) is 0 Å². The van der Waals surface area contributed by atoms with E-state index in [9.17, 15) is 9.59 Å². The largest absolute Gasteiger partial charge is 0.490 e. The number of carbonyl (C=O) groups excluding carboxylic acids is 2. The lowest BCUT2D eigenvalue weighted by molar-refractivity contribution is -0.172. The number of unbranched alkanes of at least 4 members (excludes halogenated alkanes) is 4. The second kappa shape index (κ2) is 13.5. The molecule has 0 saturated heterocycles. The highest BCUT2D eigenvalue weighted by atomic mass is 16.6. The molecule has 0 saturated carbocycles. The van der Waals surface area contributed by atoms with E-state index in [-0.39, 0.29) is 6.61 Å². The summed E-state index contributed by atoms with van der Waals surface area (Å²) in [6.07, 6.45) is 4.75. The summed E-state index contributed by atoms with van der Waals surface area (Å²) in [5.41, 5.74) is 1.51. The van der Waals surface area contributed by atoms with E-state index in [1.165, 1.54) is 33.0 Å². The van der Waals surface area contributed by atoms with Crippen molar-refractivity contribution in [1.29, 1.82) is 0 Å². The minimum atomic E-state index is -0.737. The van der Waals surface area contributed by atoms with E-state index >= 15 is 0 Å². The molecule has 6 heteroatoms.